The monoisotopic (exact) mass is 475 g/mol. The van der Waals surface area contributed by atoms with Crippen LogP contribution in [0.4, 0.5) is 18.9 Å². The Labute approximate surface area is 170 Å². The molecule has 2 rings (SSSR count). The van der Waals surface area contributed by atoms with Gasteiger partial charge in [0.2, 0.25) is 0 Å². The van der Waals surface area contributed by atoms with Gasteiger partial charge in [0, 0.05) is 10.5 Å². The van der Waals surface area contributed by atoms with E-state index in [1.807, 2.05) is 0 Å². The normalized spacial score (nSPS) is 11.1. The number of rotatable bonds is 6. The number of nitrogens with zero attached hydrogens (tertiary/aromatic N) is 1. The number of ether oxygens (including phenoxy) is 2. The number of hydrogen-bond acceptors (Lipinski definition) is 6. The van der Waals surface area contributed by atoms with E-state index in [-0.39, 0.29) is 28.6 Å². The van der Waals surface area contributed by atoms with Crippen LogP contribution in [0.15, 0.2) is 40.9 Å². The Balaban J connectivity index is 2.39. The van der Waals surface area contributed by atoms with Crippen molar-refractivity contribution in [3.05, 3.63) is 62.1 Å². The molecule has 0 amide bonds. The average molecular weight is 476 g/mol. The molecule has 11 heteroatoms. The van der Waals surface area contributed by atoms with Gasteiger partial charge in [-0.2, -0.15) is 13.2 Å². The molecule has 2 aromatic carbocycles. The van der Waals surface area contributed by atoms with Crippen molar-refractivity contribution in [1.29, 1.82) is 0 Å². The van der Waals surface area contributed by atoms with Crippen LogP contribution < -0.4 is 0 Å². The fourth-order valence-electron chi connectivity index (χ4n) is 2.36. The molecular formula is C18H13BrF3NO6. The molecule has 0 saturated carbocycles. The number of benzene rings is 2. The van der Waals surface area contributed by atoms with E-state index in [2.05, 4.69) is 20.7 Å². The van der Waals surface area contributed by atoms with Crippen LogP contribution >= 0.6 is 15.9 Å². The van der Waals surface area contributed by atoms with Crippen molar-refractivity contribution in [3.63, 3.8) is 0 Å². The maximum absolute atomic E-state index is 12.8. The van der Waals surface area contributed by atoms with Gasteiger partial charge in [-0.25, -0.2) is 4.79 Å². The standard InChI is InChI=1S/C18H13BrF3NO6/c1-28-16(24)6-7-29-17(25)13-8-10(2-5-15(13)23(26)27)12-4-3-11(9-14(12)19)18(20,21)22/h2-5,8-9H,6-7H2,1H3. The Kier molecular flexibility index (Phi) is 6.96. The maximum atomic E-state index is 12.8. The van der Waals surface area contributed by atoms with Crippen LogP contribution in [0.1, 0.15) is 22.3 Å². The Hall–Kier alpha value is -2.95. The van der Waals surface area contributed by atoms with Crippen molar-refractivity contribution in [2.24, 2.45) is 0 Å². The highest BCUT2D eigenvalue weighted by Gasteiger charge is 2.31. The molecule has 154 valence electrons. The fraction of sp³-hybridized carbons (Fsp3) is 0.222. The van der Waals surface area contributed by atoms with Gasteiger partial charge in [-0.1, -0.05) is 22.0 Å². The highest BCUT2D eigenvalue weighted by molar-refractivity contribution is 9.10. The molecule has 0 fully saturated rings. The number of carbonyl (C=O) groups excluding carboxylic acids is 2. The molecule has 0 spiro atoms. The Morgan fingerprint density at radius 3 is 2.41 bits per heavy atom. The SMILES string of the molecule is COC(=O)CCOC(=O)c1cc(-c2ccc(C(F)(F)F)cc2Br)ccc1[N+](=O)[O-]. The van der Waals surface area contributed by atoms with Crippen LogP contribution in [0.2, 0.25) is 0 Å². The lowest BCUT2D eigenvalue weighted by Gasteiger charge is -2.11. The largest absolute Gasteiger partial charge is 0.469 e. The minimum atomic E-state index is -4.54. The summed E-state index contributed by atoms with van der Waals surface area (Å²) in [5.41, 5.74) is -1.27. The van der Waals surface area contributed by atoms with E-state index in [4.69, 9.17) is 4.74 Å². The van der Waals surface area contributed by atoms with Crippen molar-refractivity contribution >= 4 is 33.6 Å². The first-order valence-corrected chi connectivity index (χ1v) is 8.73. The average Bonchev–Trinajstić information content (AvgIpc) is 2.66. The van der Waals surface area contributed by atoms with Crippen LogP contribution in [0, 0.1) is 10.1 Å². The van der Waals surface area contributed by atoms with Crippen LogP contribution in [-0.2, 0) is 20.4 Å². The van der Waals surface area contributed by atoms with Gasteiger partial charge in [-0.05, 0) is 35.4 Å². The van der Waals surface area contributed by atoms with Gasteiger partial charge in [0.1, 0.15) is 12.2 Å². The Morgan fingerprint density at radius 2 is 1.86 bits per heavy atom. The summed E-state index contributed by atoms with van der Waals surface area (Å²) in [7, 11) is 1.15. The van der Waals surface area contributed by atoms with E-state index in [0.717, 1.165) is 31.4 Å². The van der Waals surface area contributed by atoms with Crippen LogP contribution in [-0.4, -0.2) is 30.6 Å². The number of alkyl halides is 3. The molecule has 2 aromatic rings. The van der Waals surface area contributed by atoms with Crippen LogP contribution in [0.3, 0.4) is 0 Å². The molecule has 0 atom stereocenters. The fourth-order valence-corrected chi connectivity index (χ4v) is 2.97. The highest BCUT2D eigenvalue weighted by Crippen LogP contribution is 2.37. The van der Waals surface area contributed by atoms with E-state index in [1.165, 1.54) is 12.1 Å². The predicted octanol–water partition coefficient (Wildman–Crippen LogP) is 4.76. The van der Waals surface area contributed by atoms with Crippen LogP contribution in [0.5, 0.6) is 0 Å². The molecule has 0 bridgehead atoms. The van der Waals surface area contributed by atoms with E-state index >= 15 is 0 Å². The van der Waals surface area contributed by atoms with Gasteiger partial charge in [-0.3, -0.25) is 14.9 Å². The molecule has 29 heavy (non-hydrogen) atoms. The summed E-state index contributed by atoms with van der Waals surface area (Å²) in [5, 5.41) is 11.2. The molecule has 0 aromatic heterocycles. The number of halogens is 4. The lowest BCUT2D eigenvalue weighted by atomic mass is 10.0. The van der Waals surface area contributed by atoms with Crippen molar-refractivity contribution in [1.82, 2.24) is 0 Å². The van der Waals surface area contributed by atoms with Gasteiger partial charge in [0.05, 0.1) is 24.0 Å². The maximum Gasteiger partial charge on any atom is 0.416 e. The molecule has 0 aliphatic rings. The summed E-state index contributed by atoms with van der Waals surface area (Å²) in [5.74, 6) is -1.68. The Bertz CT molecular complexity index is 961. The number of hydrogen-bond donors (Lipinski definition) is 0. The van der Waals surface area contributed by atoms with Crippen molar-refractivity contribution < 1.29 is 37.2 Å². The molecule has 0 N–H and O–H groups in total. The quantitative estimate of drug-likeness (QED) is 0.339. The Morgan fingerprint density at radius 1 is 1.17 bits per heavy atom. The van der Waals surface area contributed by atoms with Crippen molar-refractivity contribution in [2.45, 2.75) is 12.6 Å². The van der Waals surface area contributed by atoms with Gasteiger partial charge >= 0.3 is 18.1 Å². The smallest absolute Gasteiger partial charge is 0.416 e. The molecule has 0 unspecified atom stereocenters. The highest BCUT2D eigenvalue weighted by atomic mass is 79.9. The summed E-state index contributed by atoms with van der Waals surface area (Å²) >= 11 is 3.05. The molecule has 0 radical (unpaired) electrons. The number of carbonyl (C=O) groups is 2. The summed E-state index contributed by atoms with van der Waals surface area (Å²) in [6.07, 6.45) is -4.77. The summed E-state index contributed by atoms with van der Waals surface area (Å²) in [6.45, 7) is -0.350. The predicted molar refractivity (Wildman–Crippen MR) is 98.1 cm³/mol. The van der Waals surface area contributed by atoms with E-state index in [1.54, 1.807) is 0 Å². The second-order valence-corrected chi connectivity index (χ2v) is 6.50. The van der Waals surface area contributed by atoms with Crippen molar-refractivity contribution in [3.8, 4) is 11.1 Å². The second-order valence-electron chi connectivity index (χ2n) is 5.64. The van der Waals surface area contributed by atoms with E-state index < -0.39 is 39.9 Å². The molecule has 7 nitrogen and oxygen atoms in total. The molecule has 0 heterocycles. The molecule has 0 saturated heterocycles. The number of methoxy groups -OCH3 is 1. The summed E-state index contributed by atoms with van der Waals surface area (Å²) < 4.78 is 47.8. The summed E-state index contributed by atoms with van der Waals surface area (Å²) in [4.78, 5) is 33.8. The van der Waals surface area contributed by atoms with Gasteiger partial charge in [0.15, 0.2) is 0 Å². The second kappa shape index (κ2) is 9.03. The number of nitro benzene ring substituents is 1. The zero-order valence-corrected chi connectivity index (χ0v) is 16.4. The molecule has 0 aliphatic carbocycles. The van der Waals surface area contributed by atoms with E-state index in [0.29, 0.717) is 0 Å². The topological polar surface area (TPSA) is 95.7 Å². The third-order valence-corrected chi connectivity index (χ3v) is 4.44. The zero-order chi connectivity index (χ0) is 21.8. The van der Waals surface area contributed by atoms with Crippen molar-refractivity contribution in [2.75, 3.05) is 13.7 Å². The molecular weight excluding hydrogens is 463 g/mol. The lowest BCUT2D eigenvalue weighted by molar-refractivity contribution is -0.385. The molecule has 0 aliphatic heterocycles. The summed E-state index contributed by atoms with van der Waals surface area (Å²) in [6, 6.07) is 6.40. The third-order valence-electron chi connectivity index (χ3n) is 3.79. The first-order chi connectivity index (χ1) is 13.5. The minimum Gasteiger partial charge on any atom is -0.469 e. The first kappa shape index (κ1) is 22.3. The first-order valence-electron chi connectivity index (χ1n) is 7.94. The van der Waals surface area contributed by atoms with Gasteiger partial charge in [0.25, 0.3) is 5.69 Å². The minimum absolute atomic E-state index is 0.0891. The van der Waals surface area contributed by atoms with E-state index in [9.17, 15) is 32.9 Å². The lowest BCUT2D eigenvalue weighted by Crippen LogP contribution is -2.12. The third kappa shape index (κ3) is 5.53. The van der Waals surface area contributed by atoms with Gasteiger partial charge < -0.3 is 9.47 Å². The number of esters is 2. The zero-order valence-electron chi connectivity index (χ0n) is 14.8. The number of nitro groups is 1. The van der Waals surface area contributed by atoms with Crippen LogP contribution in [0.25, 0.3) is 11.1 Å². The van der Waals surface area contributed by atoms with Gasteiger partial charge in [-0.15, -0.1) is 0 Å².